The monoisotopic (exact) mass is 487 g/mol. The quantitative estimate of drug-likeness (QED) is 0.341. The first-order valence-electron chi connectivity index (χ1n) is 7.37. The molecule has 3 rings (SSSR count). The van der Waals surface area contributed by atoms with E-state index in [1.54, 1.807) is 5.17 Å². The molecule has 3 aliphatic carbocycles. The Morgan fingerprint density at radius 2 is 1.83 bits per heavy atom. The molecule has 0 aromatic heterocycles. The first-order valence-corrected chi connectivity index (χ1v) is 9.87. The van der Waals surface area contributed by atoms with E-state index in [2.05, 4.69) is 69.5 Å². The topological polar surface area (TPSA) is 0 Å². The van der Waals surface area contributed by atoms with Crippen LogP contribution in [-0.2, 0) is 25.8 Å². The van der Waals surface area contributed by atoms with Gasteiger partial charge in [0.05, 0.1) is 0 Å². The van der Waals surface area contributed by atoms with Gasteiger partial charge in [0.25, 0.3) is 0 Å². The van der Waals surface area contributed by atoms with Crippen molar-refractivity contribution in [2.24, 2.45) is 5.92 Å². The predicted molar refractivity (Wildman–Crippen MR) is 103 cm³/mol. The van der Waals surface area contributed by atoms with E-state index in [0.29, 0.717) is 5.92 Å². The van der Waals surface area contributed by atoms with Crippen LogP contribution in [0.15, 0.2) is 64.3 Å². The summed E-state index contributed by atoms with van der Waals surface area (Å²) in [5, 5.41) is 1.62. The van der Waals surface area contributed by atoms with Gasteiger partial charge in [0, 0.05) is 34.3 Å². The minimum Gasteiger partial charge on any atom is -0.358 e. The van der Waals surface area contributed by atoms with Crippen molar-refractivity contribution in [3.05, 3.63) is 85.3 Å². The van der Waals surface area contributed by atoms with Gasteiger partial charge in [-0.25, -0.2) is 0 Å². The Morgan fingerprint density at radius 1 is 1.13 bits per heavy atom. The number of hydrogen-bond donors (Lipinski definition) is 0. The molecule has 0 saturated carbocycles. The number of fused-ring (bicyclic) bond motifs is 1. The van der Waals surface area contributed by atoms with Gasteiger partial charge in [-0.1, -0.05) is 62.0 Å². The molecular formula is C21H27HfSi-3. The molecule has 0 saturated heterocycles. The zero-order valence-corrected chi connectivity index (χ0v) is 19.8. The zero-order chi connectivity index (χ0) is 14.3. The van der Waals surface area contributed by atoms with Crippen LogP contribution in [-0.4, -0.2) is 13.6 Å². The molecule has 122 valence electrons. The Balaban J connectivity index is 0.00000161. The molecule has 0 aliphatic heterocycles. The van der Waals surface area contributed by atoms with Crippen LogP contribution in [0.4, 0.5) is 0 Å². The van der Waals surface area contributed by atoms with Crippen molar-refractivity contribution in [2.45, 2.75) is 33.4 Å². The molecule has 0 fully saturated rings. The van der Waals surface area contributed by atoms with Crippen LogP contribution < -0.4 is 0 Å². The standard InChI is InChI=1S/C19H21Si.2CH3.Hf/c1-13-12-16-10-7-11-17(20(3)4)14(2)19(16)18(13)15-8-5-6-9-15;;;/h5-8,10-11,14H,9H2,1-4H3;2*1H3;/q3*-1;. The summed E-state index contributed by atoms with van der Waals surface area (Å²) in [6, 6.07) is 0. The molecular weight excluding hydrogens is 459 g/mol. The van der Waals surface area contributed by atoms with Gasteiger partial charge in [-0.05, 0) is 12.3 Å². The molecule has 1 atom stereocenters. The largest absolute Gasteiger partial charge is 0.358 e. The SMILES string of the molecule is CC1=[C-]C2=CC=CC(=[Si](C)C)C(C)C2=C1C1=CC=CC1.[CH3-].[CH3-].[Hf]. The summed E-state index contributed by atoms with van der Waals surface area (Å²) in [7, 11) is -0.418. The van der Waals surface area contributed by atoms with E-state index in [4.69, 9.17) is 0 Å². The number of rotatable bonds is 1. The van der Waals surface area contributed by atoms with Crippen LogP contribution in [0.2, 0.25) is 13.1 Å². The summed E-state index contributed by atoms with van der Waals surface area (Å²) in [6.07, 6.45) is 18.2. The minimum absolute atomic E-state index is 0. The molecule has 23 heavy (non-hydrogen) atoms. The Labute approximate surface area is 163 Å². The summed E-state index contributed by atoms with van der Waals surface area (Å²) >= 11 is 0. The normalized spacial score (nSPS) is 21.3. The molecule has 0 nitrogen and oxygen atoms in total. The van der Waals surface area contributed by atoms with E-state index in [1.807, 2.05) is 0 Å². The molecule has 0 amide bonds. The number of allylic oxidation sites excluding steroid dienone is 12. The van der Waals surface area contributed by atoms with Crippen LogP contribution in [0, 0.1) is 26.8 Å². The van der Waals surface area contributed by atoms with Crippen molar-refractivity contribution in [2.75, 3.05) is 0 Å². The third-order valence-electron chi connectivity index (χ3n) is 4.36. The fraction of sp³-hybridized carbons (Fsp3) is 0.286. The Hall–Kier alpha value is -0.603. The second kappa shape index (κ2) is 9.03. The van der Waals surface area contributed by atoms with Crippen LogP contribution in [0.3, 0.4) is 0 Å². The fourth-order valence-corrected chi connectivity index (χ4v) is 4.88. The Kier molecular flexibility index (Phi) is 8.79. The Morgan fingerprint density at radius 3 is 2.39 bits per heavy atom. The first-order chi connectivity index (χ1) is 9.59. The summed E-state index contributed by atoms with van der Waals surface area (Å²) in [4.78, 5) is 0. The molecule has 0 aromatic rings. The van der Waals surface area contributed by atoms with Crippen molar-refractivity contribution < 1.29 is 25.8 Å². The molecule has 0 spiro atoms. The van der Waals surface area contributed by atoms with Crippen molar-refractivity contribution in [3.63, 3.8) is 0 Å². The van der Waals surface area contributed by atoms with Gasteiger partial charge in [-0.15, -0.1) is 34.9 Å². The molecule has 2 heteroatoms. The molecule has 0 bridgehead atoms. The van der Waals surface area contributed by atoms with E-state index < -0.39 is 8.41 Å². The van der Waals surface area contributed by atoms with E-state index in [1.165, 1.54) is 27.9 Å². The summed E-state index contributed by atoms with van der Waals surface area (Å²) in [6.45, 7) is 9.36. The summed E-state index contributed by atoms with van der Waals surface area (Å²) in [5.41, 5.74) is 7.03. The maximum atomic E-state index is 3.59. The molecule has 0 radical (unpaired) electrons. The van der Waals surface area contributed by atoms with Gasteiger partial charge in [0.1, 0.15) is 0 Å². The fourth-order valence-electron chi connectivity index (χ4n) is 3.44. The van der Waals surface area contributed by atoms with Gasteiger partial charge in [0.15, 0.2) is 0 Å². The summed E-state index contributed by atoms with van der Waals surface area (Å²) in [5.74, 6) is 0.519. The van der Waals surface area contributed by atoms with Gasteiger partial charge in [-0.2, -0.15) is 5.57 Å². The maximum Gasteiger partial charge on any atom is 0.00715 e. The second-order valence-corrected chi connectivity index (χ2v) is 8.56. The van der Waals surface area contributed by atoms with Gasteiger partial charge in [-0.3, -0.25) is 0 Å². The molecule has 3 aliphatic rings. The predicted octanol–water partition coefficient (Wildman–Crippen LogP) is 5.47. The zero-order valence-electron chi connectivity index (χ0n) is 15.2. The molecule has 0 aromatic carbocycles. The first kappa shape index (κ1) is 22.4. The van der Waals surface area contributed by atoms with Crippen LogP contribution in [0.5, 0.6) is 0 Å². The summed E-state index contributed by atoms with van der Waals surface area (Å²) < 4.78 is 0. The van der Waals surface area contributed by atoms with Gasteiger partial charge >= 0.3 is 0 Å². The average molecular weight is 486 g/mol. The molecule has 0 N–H and O–H groups in total. The van der Waals surface area contributed by atoms with Crippen LogP contribution >= 0.6 is 0 Å². The van der Waals surface area contributed by atoms with E-state index >= 15 is 0 Å². The van der Waals surface area contributed by atoms with Crippen molar-refractivity contribution in [1.82, 2.24) is 0 Å². The smallest absolute Gasteiger partial charge is 0.00715 e. The second-order valence-electron chi connectivity index (χ2n) is 5.98. The Bertz CT molecular complexity index is 675. The molecule has 1 unspecified atom stereocenters. The maximum absolute atomic E-state index is 3.59. The van der Waals surface area contributed by atoms with E-state index in [-0.39, 0.29) is 40.7 Å². The third-order valence-corrected chi connectivity index (χ3v) is 6.12. The van der Waals surface area contributed by atoms with E-state index in [0.717, 1.165) is 6.42 Å². The third kappa shape index (κ3) is 4.08. The number of hydrogen-bond acceptors (Lipinski definition) is 0. The van der Waals surface area contributed by atoms with E-state index in [9.17, 15) is 0 Å². The van der Waals surface area contributed by atoms with Gasteiger partial charge in [0.2, 0.25) is 0 Å². The minimum atomic E-state index is -0.418. The van der Waals surface area contributed by atoms with Crippen molar-refractivity contribution in [3.8, 4) is 0 Å². The van der Waals surface area contributed by atoms with Crippen molar-refractivity contribution in [1.29, 1.82) is 0 Å². The van der Waals surface area contributed by atoms with Crippen molar-refractivity contribution >= 4 is 13.6 Å². The molecule has 0 heterocycles. The van der Waals surface area contributed by atoms with Crippen LogP contribution in [0.1, 0.15) is 20.3 Å². The van der Waals surface area contributed by atoms with Crippen LogP contribution in [0.25, 0.3) is 0 Å². The van der Waals surface area contributed by atoms with Gasteiger partial charge < -0.3 is 14.9 Å². The average Bonchev–Trinajstić information content (AvgIpc) is 2.97.